The van der Waals surface area contributed by atoms with Crippen molar-refractivity contribution >= 4 is 11.7 Å². The molecule has 3 fully saturated rings. The molecule has 4 heterocycles. The van der Waals surface area contributed by atoms with Gasteiger partial charge in [-0.05, 0) is 78.8 Å². The highest BCUT2D eigenvalue weighted by Gasteiger charge is 2.34. The Kier molecular flexibility index (Phi) is 6.12. The molecule has 0 aliphatic carbocycles. The first-order chi connectivity index (χ1) is 13.1. The van der Waals surface area contributed by atoms with E-state index in [2.05, 4.69) is 29.2 Å². The molecule has 3 saturated heterocycles. The number of nitrogens with two attached hydrogens (primary N) is 1. The van der Waals surface area contributed by atoms with E-state index in [1.54, 1.807) is 0 Å². The molecular weight excluding hydrogens is 338 g/mol. The maximum Gasteiger partial charge on any atom is 0.130 e. The summed E-state index contributed by atoms with van der Waals surface area (Å²) in [4.78, 5) is 15.1. The molecule has 27 heavy (non-hydrogen) atoms. The number of aliphatic imine (C=N–C) groups is 2. The third-order valence-corrected chi connectivity index (χ3v) is 7.01. The standard InChI is InChI=1S/C20H37N7/c1-25-9-3-15(4-10-25)18-22-19(16-5-11-26(2)12-6-16)24-20(23-18)17-7-13-27(21)14-8-17/h15-18H,3-14,21H2,1-2H3,(H,22,23,24). The summed E-state index contributed by atoms with van der Waals surface area (Å²) in [7, 11) is 4.45. The van der Waals surface area contributed by atoms with E-state index in [1.165, 1.54) is 57.7 Å². The number of rotatable bonds is 3. The van der Waals surface area contributed by atoms with Crippen LogP contribution in [-0.4, -0.2) is 86.0 Å². The molecular formula is C20H37N7. The molecule has 4 aliphatic rings. The molecule has 7 heteroatoms. The number of hydrogen-bond donors (Lipinski definition) is 2. The van der Waals surface area contributed by atoms with Crippen LogP contribution in [0.4, 0.5) is 0 Å². The molecule has 0 saturated carbocycles. The number of amidine groups is 2. The minimum atomic E-state index is 0.219. The first-order valence-electron chi connectivity index (χ1n) is 10.9. The van der Waals surface area contributed by atoms with Crippen LogP contribution in [0.25, 0.3) is 0 Å². The number of nitrogens with zero attached hydrogens (tertiary/aromatic N) is 5. The van der Waals surface area contributed by atoms with Crippen LogP contribution in [0, 0.1) is 17.8 Å². The molecule has 0 aromatic rings. The molecule has 7 nitrogen and oxygen atoms in total. The minimum Gasteiger partial charge on any atom is -0.351 e. The Hall–Kier alpha value is -1.02. The molecule has 4 aliphatic heterocycles. The van der Waals surface area contributed by atoms with Crippen LogP contribution >= 0.6 is 0 Å². The van der Waals surface area contributed by atoms with Crippen molar-refractivity contribution in [2.24, 2.45) is 33.6 Å². The Bertz CT molecular complexity index is 551. The van der Waals surface area contributed by atoms with Crippen molar-refractivity contribution in [3.8, 4) is 0 Å². The first-order valence-corrected chi connectivity index (χ1v) is 10.9. The van der Waals surface area contributed by atoms with Crippen LogP contribution in [0.2, 0.25) is 0 Å². The summed E-state index contributed by atoms with van der Waals surface area (Å²) in [5, 5.41) is 5.73. The zero-order valence-corrected chi connectivity index (χ0v) is 17.1. The fourth-order valence-corrected chi connectivity index (χ4v) is 4.92. The van der Waals surface area contributed by atoms with Gasteiger partial charge in [0.15, 0.2) is 0 Å². The van der Waals surface area contributed by atoms with Crippen LogP contribution in [0.15, 0.2) is 9.98 Å². The van der Waals surface area contributed by atoms with Crippen molar-refractivity contribution in [1.29, 1.82) is 0 Å². The second-order valence-electron chi connectivity index (χ2n) is 9.10. The van der Waals surface area contributed by atoms with Gasteiger partial charge < -0.3 is 15.1 Å². The predicted molar refractivity (Wildman–Crippen MR) is 111 cm³/mol. The summed E-state index contributed by atoms with van der Waals surface area (Å²) in [6, 6.07) is 0. The normalized spacial score (nSPS) is 31.4. The molecule has 152 valence electrons. The largest absolute Gasteiger partial charge is 0.351 e. The second-order valence-corrected chi connectivity index (χ2v) is 9.10. The van der Waals surface area contributed by atoms with E-state index in [1.807, 2.05) is 5.01 Å². The van der Waals surface area contributed by atoms with Crippen molar-refractivity contribution in [2.75, 3.05) is 53.4 Å². The number of nitrogens with one attached hydrogen (secondary N) is 1. The van der Waals surface area contributed by atoms with Gasteiger partial charge in [0.05, 0.1) is 0 Å². The van der Waals surface area contributed by atoms with Crippen molar-refractivity contribution < 1.29 is 0 Å². The zero-order valence-electron chi connectivity index (χ0n) is 17.1. The van der Waals surface area contributed by atoms with Gasteiger partial charge in [0, 0.05) is 30.8 Å². The molecule has 0 radical (unpaired) electrons. The number of hydrogen-bond acceptors (Lipinski definition) is 7. The number of likely N-dealkylation sites (tertiary alicyclic amines) is 2. The van der Waals surface area contributed by atoms with Gasteiger partial charge in [0.1, 0.15) is 17.8 Å². The molecule has 0 amide bonds. The molecule has 4 rings (SSSR count). The van der Waals surface area contributed by atoms with Crippen LogP contribution < -0.4 is 11.2 Å². The van der Waals surface area contributed by atoms with Gasteiger partial charge in [-0.25, -0.2) is 15.0 Å². The van der Waals surface area contributed by atoms with E-state index in [0.717, 1.165) is 31.8 Å². The fourth-order valence-electron chi connectivity index (χ4n) is 4.92. The van der Waals surface area contributed by atoms with Gasteiger partial charge in [-0.1, -0.05) is 0 Å². The van der Waals surface area contributed by atoms with E-state index < -0.39 is 0 Å². The van der Waals surface area contributed by atoms with E-state index in [0.29, 0.717) is 17.8 Å². The Morgan fingerprint density at radius 1 is 0.815 bits per heavy atom. The average molecular weight is 376 g/mol. The predicted octanol–water partition coefficient (Wildman–Crippen LogP) is 0.982. The molecule has 0 spiro atoms. The van der Waals surface area contributed by atoms with E-state index in [-0.39, 0.29) is 6.17 Å². The van der Waals surface area contributed by atoms with Gasteiger partial charge in [0.25, 0.3) is 0 Å². The lowest BCUT2D eigenvalue weighted by atomic mass is 9.90. The van der Waals surface area contributed by atoms with E-state index in [9.17, 15) is 0 Å². The van der Waals surface area contributed by atoms with Gasteiger partial charge in [-0.15, -0.1) is 0 Å². The number of piperidine rings is 3. The van der Waals surface area contributed by atoms with Crippen molar-refractivity contribution in [3.05, 3.63) is 0 Å². The second kappa shape index (κ2) is 8.55. The summed E-state index contributed by atoms with van der Waals surface area (Å²) >= 11 is 0. The molecule has 3 N–H and O–H groups in total. The smallest absolute Gasteiger partial charge is 0.130 e. The maximum absolute atomic E-state index is 5.98. The van der Waals surface area contributed by atoms with Crippen molar-refractivity contribution in [3.63, 3.8) is 0 Å². The monoisotopic (exact) mass is 375 g/mol. The van der Waals surface area contributed by atoms with Crippen LogP contribution in [0.1, 0.15) is 38.5 Å². The summed E-state index contributed by atoms with van der Waals surface area (Å²) in [5.41, 5.74) is 0. The van der Waals surface area contributed by atoms with Gasteiger partial charge >= 0.3 is 0 Å². The summed E-state index contributed by atoms with van der Waals surface area (Å²) in [6.07, 6.45) is 7.25. The fraction of sp³-hybridized carbons (Fsp3) is 0.900. The molecule has 1 atom stereocenters. The summed E-state index contributed by atoms with van der Waals surface area (Å²) in [5.74, 6) is 9.98. The Morgan fingerprint density at radius 2 is 1.37 bits per heavy atom. The molecule has 0 bridgehead atoms. The highest BCUT2D eigenvalue weighted by Crippen LogP contribution is 2.28. The highest BCUT2D eigenvalue weighted by molar-refractivity contribution is 6.01. The minimum absolute atomic E-state index is 0.219. The Morgan fingerprint density at radius 3 is 2.00 bits per heavy atom. The van der Waals surface area contributed by atoms with Crippen molar-refractivity contribution in [1.82, 2.24) is 20.1 Å². The third kappa shape index (κ3) is 4.70. The van der Waals surface area contributed by atoms with E-state index in [4.69, 9.17) is 15.8 Å². The Balaban J connectivity index is 1.51. The average Bonchev–Trinajstić information content (AvgIpc) is 2.69. The quantitative estimate of drug-likeness (QED) is 0.720. The lowest BCUT2D eigenvalue weighted by Gasteiger charge is -2.39. The summed E-state index contributed by atoms with van der Waals surface area (Å²) < 4.78 is 0. The first kappa shape index (κ1) is 19.3. The van der Waals surface area contributed by atoms with E-state index >= 15 is 0 Å². The molecule has 1 unspecified atom stereocenters. The van der Waals surface area contributed by atoms with Crippen LogP contribution in [0.5, 0.6) is 0 Å². The molecule has 0 aromatic carbocycles. The SMILES string of the molecule is CN1CCC(C2=NC(C3CCN(N)CC3)=NC(C3CCN(C)CC3)N2)CC1. The lowest BCUT2D eigenvalue weighted by molar-refractivity contribution is 0.189. The number of hydrazine groups is 1. The lowest BCUT2D eigenvalue weighted by Crippen LogP contribution is -2.51. The van der Waals surface area contributed by atoms with Gasteiger partial charge in [-0.2, -0.15) is 0 Å². The Labute approximate surface area is 164 Å². The van der Waals surface area contributed by atoms with Crippen LogP contribution in [0.3, 0.4) is 0 Å². The molecule has 0 aromatic heterocycles. The van der Waals surface area contributed by atoms with Gasteiger partial charge in [0.2, 0.25) is 0 Å². The highest BCUT2D eigenvalue weighted by atomic mass is 15.4. The van der Waals surface area contributed by atoms with Gasteiger partial charge in [-0.3, -0.25) is 5.84 Å². The van der Waals surface area contributed by atoms with Crippen LogP contribution in [-0.2, 0) is 0 Å². The topological polar surface area (TPSA) is 72.5 Å². The maximum atomic E-state index is 5.98. The zero-order chi connectivity index (χ0) is 18.8. The third-order valence-electron chi connectivity index (χ3n) is 7.01. The summed E-state index contributed by atoms with van der Waals surface area (Å²) in [6.45, 7) is 6.61. The van der Waals surface area contributed by atoms with Crippen molar-refractivity contribution in [2.45, 2.75) is 44.7 Å².